The Hall–Kier alpha value is -1.67. The van der Waals surface area contributed by atoms with Crippen LogP contribution in [0.15, 0.2) is 11.6 Å². The molecule has 4 rings (SSSR count). The fraction of sp³-hybridized carbons (Fsp3) is 0.583. The van der Waals surface area contributed by atoms with Crippen LogP contribution in [0.2, 0.25) is 0 Å². The molecule has 2 aliphatic heterocycles. The van der Waals surface area contributed by atoms with Gasteiger partial charge in [-0.25, -0.2) is 0 Å². The van der Waals surface area contributed by atoms with Gasteiger partial charge < -0.3 is 20.7 Å². The van der Waals surface area contributed by atoms with E-state index in [1.807, 2.05) is 5.38 Å². The minimum absolute atomic E-state index is 0.0483. The van der Waals surface area contributed by atoms with Gasteiger partial charge in [-0.2, -0.15) is 9.38 Å². The van der Waals surface area contributed by atoms with Gasteiger partial charge in [-0.1, -0.05) is 11.3 Å². The van der Waals surface area contributed by atoms with Gasteiger partial charge in [-0.05, 0) is 30.6 Å². The Balaban J connectivity index is 1.63. The lowest BCUT2D eigenvalue weighted by molar-refractivity contribution is -0.389. The highest BCUT2D eigenvalue weighted by Crippen LogP contribution is 2.32. The maximum Gasteiger partial charge on any atom is 0.372 e. The third-order valence-corrected chi connectivity index (χ3v) is 4.98. The summed E-state index contributed by atoms with van der Waals surface area (Å²) in [5.74, 6) is 0.459. The lowest BCUT2D eigenvalue weighted by atomic mass is 10.00. The summed E-state index contributed by atoms with van der Waals surface area (Å²) in [4.78, 5) is 15.9. The van der Waals surface area contributed by atoms with Gasteiger partial charge in [0.05, 0.1) is 0 Å². The number of fused-ring (bicyclic) bond motifs is 3. The van der Waals surface area contributed by atoms with Crippen molar-refractivity contribution in [2.45, 2.75) is 43.8 Å². The molecule has 0 amide bonds. The summed E-state index contributed by atoms with van der Waals surface area (Å²) in [7, 11) is 0. The predicted octanol–water partition coefficient (Wildman–Crippen LogP) is 2.00. The van der Waals surface area contributed by atoms with Gasteiger partial charge in [0.1, 0.15) is 6.20 Å². The van der Waals surface area contributed by atoms with Crippen LogP contribution in [0, 0.1) is 10.1 Å². The van der Waals surface area contributed by atoms with Crippen LogP contribution >= 0.6 is 11.3 Å². The predicted molar refractivity (Wildman–Crippen MR) is 76.3 cm³/mol. The number of nitro groups is 1. The number of rotatable bonds is 3. The lowest BCUT2D eigenvalue weighted by Gasteiger charge is -2.29. The monoisotopic (exact) mass is 293 g/mol. The van der Waals surface area contributed by atoms with Gasteiger partial charge in [-0.3, -0.25) is 0 Å². The highest BCUT2D eigenvalue weighted by atomic mass is 32.1. The van der Waals surface area contributed by atoms with E-state index in [4.69, 9.17) is 0 Å². The summed E-state index contributed by atoms with van der Waals surface area (Å²) in [6.07, 6.45) is 6.15. The SMILES string of the molecule is O=[N+]([O-])c1c(NC2CC3CCC(C2)N3)nc2sccn12. The highest BCUT2D eigenvalue weighted by Gasteiger charge is 2.35. The Bertz CT molecular complexity index is 654. The summed E-state index contributed by atoms with van der Waals surface area (Å²) in [5.41, 5.74) is 0. The third-order valence-electron chi connectivity index (χ3n) is 4.22. The number of aromatic nitrogens is 2. The highest BCUT2D eigenvalue weighted by molar-refractivity contribution is 7.15. The summed E-state index contributed by atoms with van der Waals surface area (Å²) in [6.45, 7) is 0. The van der Waals surface area contributed by atoms with E-state index in [1.165, 1.54) is 24.2 Å². The van der Waals surface area contributed by atoms with E-state index >= 15 is 0 Å². The fourth-order valence-electron chi connectivity index (χ4n) is 3.41. The molecule has 0 aliphatic carbocycles. The Kier molecular flexibility index (Phi) is 2.67. The summed E-state index contributed by atoms with van der Waals surface area (Å²) >= 11 is 1.41. The average Bonchev–Trinajstić information content (AvgIpc) is 3.03. The topological polar surface area (TPSA) is 84.5 Å². The zero-order chi connectivity index (χ0) is 13.7. The maximum atomic E-state index is 11.3. The van der Waals surface area contributed by atoms with E-state index in [0.717, 1.165) is 12.8 Å². The molecule has 106 valence electrons. The molecule has 0 aromatic carbocycles. The molecule has 2 N–H and O–H groups in total. The molecule has 20 heavy (non-hydrogen) atoms. The van der Waals surface area contributed by atoms with Crippen molar-refractivity contribution in [2.24, 2.45) is 0 Å². The van der Waals surface area contributed by atoms with Gasteiger partial charge in [0, 0.05) is 23.5 Å². The normalized spacial score (nSPS) is 28.9. The zero-order valence-corrected chi connectivity index (χ0v) is 11.6. The van der Waals surface area contributed by atoms with Gasteiger partial charge in [0.2, 0.25) is 5.82 Å². The Labute approximate surface area is 119 Å². The molecule has 2 atom stereocenters. The number of imidazole rings is 1. The molecular formula is C12H15N5O2S. The molecule has 4 heterocycles. The van der Waals surface area contributed by atoms with Crippen LogP contribution in [-0.4, -0.2) is 32.4 Å². The maximum absolute atomic E-state index is 11.3. The average molecular weight is 293 g/mol. The smallest absolute Gasteiger partial charge is 0.360 e. The van der Waals surface area contributed by atoms with Gasteiger partial charge in [0.15, 0.2) is 0 Å². The first-order chi connectivity index (χ1) is 9.70. The minimum atomic E-state index is -0.356. The van der Waals surface area contributed by atoms with Crippen LogP contribution in [0.1, 0.15) is 25.7 Å². The van der Waals surface area contributed by atoms with Crippen molar-refractivity contribution in [1.29, 1.82) is 0 Å². The molecule has 0 saturated carbocycles. The number of anilines is 1. The van der Waals surface area contributed by atoms with E-state index in [9.17, 15) is 10.1 Å². The number of nitrogens with one attached hydrogen (secondary N) is 2. The first-order valence-corrected chi connectivity index (χ1v) is 7.71. The molecule has 0 radical (unpaired) electrons. The number of piperidine rings is 1. The van der Waals surface area contributed by atoms with E-state index in [0.29, 0.717) is 22.9 Å². The zero-order valence-electron chi connectivity index (χ0n) is 10.8. The molecule has 2 aromatic heterocycles. The van der Waals surface area contributed by atoms with Gasteiger partial charge in [-0.15, -0.1) is 0 Å². The standard InChI is InChI=1S/C12H15N5O2S/c18-17(19)11-10(15-12-16(11)3-4-20-12)14-9-5-7-1-2-8(6-9)13-7/h3-4,7-9,13-14H,1-2,5-6H2. The van der Waals surface area contributed by atoms with E-state index in [1.54, 1.807) is 10.6 Å². The van der Waals surface area contributed by atoms with Crippen molar-refractivity contribution < 1.29 is 4.92 Å². The third kappa shape index (κ3) is 1.87. The summed E-state index contributed by atoms with van der Waals surface area (Å²) < 4.78 is 1.54. The summed E-state index contributed by atoms with van der Waals surface area (Å²) in [5, 5.41) is 20.0. The molecular weight excluding hydrogens is 278 g/mol. The molecule has 2 unspecified atom stereocenters. The Morgan fingerprint density at radius 2 is 2.20 bits per heavy atom. The number of thiazole rings is 1. The summed E-state index contributed by atoms with van der Waals surface area (Å²) in [6, 6.07) is 1.38. The first kappa shape index (κ1) is 12.1. The second-order valence-electron chi connectivity index (χ2n) is 5.55. The molecule has 0 spiro atoms. The van der Waals surface area contributed by atoms with Crippen LogP contribution in [-0.2, 0) is 0 Å². The van der Waals surface area contributed by atoms with E-state index < -0.39 is 0 Å². The molecule has 7 nitrogen and oxygen atoms in total. The van der Waals surface area contributed by atoms with Gasteiger partial charge in [0.25, 0.3) is 4.96 Å². The van der Waals surface area contributed by atoms with E-state index in [-0.39, 0.29) is 16.8 Å². The minimum Gasteiger partial charge on any atom is -0.360 e. The van der Waals surface area contributed by atoms with Crippen molar-refractivity contribution in [3.8, 4) is 0 Å². The first-order valence-electron chi connectivity index (χ1n) is 6.83. The lowest BCUT2D eigenvalue weighted by Crippen LogP contribution is -2.43. The van der Waals surface area contributed by atoms with Crippen LogP contribution < -0.4 is 10.6 Å². The number of hydrogen-bond acceptors (Lipinski definition) is 6. The molecule has 2 bridgehead atoms. The molecule has 2 aromatic rings. The van der Waals surface area contributed by atoms with Crippen molar-refractivity contribution in [3.05, 3.63) is 21.7 Å². The number of nitrogens with zero attached hydrogens (tertiary/aromatic N) is 3. The fourth-order valence-corrected chi connectivity index (χ4v) is 4.12. The molecule has 8 heteroatoms. The van der Waals surface area contributed by atoms with Crippen molar-refractivity contribution >= 4 is 27.9 Å². The molecule has 2 fully saturated rings. The second kappa shape index (κ2) is 4.42. The Morgan fingerprint density at radius 1 is 1.45 bits per heavy atom. The quantitative estimate of drug-likeness (QED) is 0.668. The van der Waals surface area contributed by atoms with Gasteiger partial charge >= 0.3 is 5.82 Å². The van der Waals surface area contributed by atoms with Crippen LogP contribution in [0.3, 0.4) is 0 Å². The number of hydrogen-bond donors (Lipinski definition) is 2. The Morgan fingerprint density at radius 3 is 2.90 bits per heavy atom. The second-order valence-corrected chi connectivity index (χ2v) is 6.42. The van der Waals surface area contributed by atoms with Crippen LogP contribution in [0.4, 0.5) is 11.6 Å². The van der Waals surface area contributed by atoms with Crippen molar-refractivity contribution in [1.82, 2.24) is 14.7 Å². The molecule has 2 aliphatic rings. The molecule has 2 saturated heterocycles. The van der Waals surface area contributed by atoms with Crippen molar-refractivity contribution in [2.75, 3.05) is 5.32 Å². The van der Waals surface area contributed by atoms with Crippen molar-refractivity contribution in [3.63, 3.8) is 0 Å². The van der Waals surface area contributed by atoms with Crippen LogP contribution in [0.5, 0.6) is 0 Å². The van der Waals surface area contributed by atoms with E-state index in [2.05, 4.69) is 15.6 Å². The largest absolute Gasteiger partial charge is 0.372 e. The van der Waals surface area contributed by atoms with Crippen LogP contribution in [0.25, 0.3) is 4.96 Å².